The summed E-state index contributed by atoms with van der Waals surface area (Å²) in [5.41, 5.74) is 2.58. The second kappa shape index (κ2) is 9.19. The van der Waals surface area contributed by atoms with Gasteiger partial charge in [0.2, 0.25) is 5.91 Å². The average molecular weight is 453 g/mol. The summed E-state index contributed by atoms with van der Waals surface area (Å²) in [5, 5.41) is 4.83. The highest BCUT2D eigenvalue weighted by Gasteiger charge is 2.33. The van der Waals surface area contributed by atoms with Crippen LogP contribution in [0.3, 0.4) is 0 Å². The van der Waals surface area contributed by atoms with Crippen LogP contribution in [0.15, 0.2) is 54.7 Å². The number of nitrogens with zero attached hydrogens (tertiary/aromatic N) is 1. The molecular weight excluding hydrogens is 423 g/mol. The molecule has 1 amide bonds. The van der Waals surface area contributed by atoms with Crippen molar-refractivity contribution >= 4 is 28.4 Å². The highest BCUT2D eigenvalue weighted by Crippen LogP contribution is 2.41. The Morgan fingerprint density at radius 1 is 1.09 bits per heavy atom. The molecule has 0 saturated heterocycles. The van der Waals surface area contributed by atoms with Gasteiger partial charge in [0.15, 0.2) is 0 Å². The van der Waals surface area contributed by atoms with Gasteiger partial charge in [-0.15, -0.1) is 0 Å². The SMILES string of the molecule is CC(C(=O)NC(C)(C)c1ccc(Cl)cc1)C1CCC(c2ccnc3ccc(F)cc23)CC1. The summed E-state index contributed by atoms with van der Waals surface area (Å²) >= 11 is 6.01. The average Bonchev–Trinajstić information content (AvgIpc) is 2.78. The minimum Gasteiger partial charge on any atom is -0.347 e. The molecule has 0 radical (unpaired) electrons. The lowest BCUT2D eigenvalue weighted by molar-refractivity contribution is -0.128. The number of aromatic nitrogens is 1. The molecule has 2 aromatic carbocycles. The zero-order chi connectivity index (χ0) is 22.9. The standard InChI is InChI=1S/C27H30ClFN2O/c1-17(26(32)31-27(2,3)20-8-10-21(28)11-9-20)18-4-6-19(7-5-18)23-14-15-30-25-13-12-22(29)16-24(23)25/h8-19H,4-7H2,1-3H3,(H,31,32). The number of carbonyl (C=O) groups excluding carboxylic acids is 1. The lowest BCUT2D eigenvalue weighted by Crippen LogP contribution is -2.45. The van der Waals surface area contributed by atoms with Crippen molar-refractivity contribution in [3.8, 4) is 0 Å². The van der Waals surface area contributed by atoms with Crippen LogP contribution in [0.1, 0.15) is 63.5 Å². The largest absolute Gasteiger partial charge is 0.347 e. The maximum absolute atomic E-state index is 13.8. The van der Waals surface area contributed by atoms with E-state index in [9.17, 15) is 9.18 Å². The maximum Gasteiger partial charge on any atom is 0.223 e. The van der Waals surface area contributed by atoms with E-state index in [2.05, 4.69) is 10.3 Å². The molecule has 3 aromatic rings. The summed E-state index contributed by atoms with van der Waals surface area (Å²) in [7, 11) is 0. The van der Waals surface area contributed by atoms with Crippen molar-refractivity contribution in [2.24, 2.45) is 11.8 Å². The Labute approximate surface area is 194 Å². The van der Waals surface area contributed by atoms with Gasteiger partial charge in [-0.2, -0.15) is 0 Å². The van der Waals surface area contributed by atoms with Gasteiger partial charge in [-0.1, -0.05) is 30.7 Å². The Bertz CT molecular complexity index is 1100. The first-order chi connectivity index (χ1) is 15.2. The van der Waals surface area contributed by atoms with Crippen LogP contribution < -0.4 is 5.32 Å². The van der Waals surface area contributed by atoms with Crippen LogP contribution in [0.2, 0.25) is 5.02 Å². The van der Waals surface area contributed by atoms with Crippen molar-refractivity contribution in [1.82, 2.24) is 10.3 Å². The third-order valence-corrected chi connectivity index (χ3v) is 7.32. The number of benzene rings is 2. The molecule has 0 spiro atoms. The first kappa shape index (κ1) is 22.7. The molecule has 1 aromatic heterocycles. The van der Waals surface area contributed by atoms with Gasteiger partial charge >= 0.3 is 0 Å². The third kappa shape index (κ3) is 4.80. The van der Waals surface area contributed by atoms with Crippen LogP contribution in [0.4, 0.5) is 4.39 Å². The van der Waals surface area contributed by atoms with Crippen LogP contribution in [-0.4, -0.2) is 10.9 Å². The highest BCUT2D eigenvalue weighted by atomic mass is 35.5. The van der Waals surface area contributed by atoms with Crippen LogP contribution in [0.5, 0.6) is 0 Å². The normalized spacial score (nSPS) is 20.2. The molecule has 1 aliphatic carbocycles. The van der Waals surface area contributed by atoms with Gasteiger partial charge in [-0.25, -0.2) is 4.39 Å². The molecule has 5 heteroatoms. The Morgan fingerprint density at radius 2 is 1.78 bits per heavy atom. The molecule has 1 heterocycles. The summed E-state index contributed by atoms with van der Waals surface area (Å²) in [4.78, 5) is 17.5. The lowest BCUT2D eigenvalue weighted by atomic mass is 9.73. The lowest BCUT2D eigenvalue weighted by Gasteiger charge is -2.34. The van der Waals surface area contributed by atoms with Crippen molar-refractivity contribution in [3.05, 3.63) is 76.7 Å². The zero-order valence-corrected chi connectivity index (χ0v) is 19.6. The number of hydrogen-bond donors (Lipinski definition) is 1. The van der Waals surface area contributed by atoms with Gasteiger partial charge in [0, 0.05) is 22.5 Å². The van der Waals surface area contributed by atoms with Crippen molar-refractivity contribution in [1.29, 1.82) is 0 Å². The van der Waals surface area contributed by atoms with Gasteiger partial charge < -0.3 is 5.32 Å². The first-order valence-corrected chi connectivity index (χ1v) is 11.7. The molecule has 0 aliphatic heterocycles. The number of fused-ring (bicyclic) bond motifs is 1. The molecule has 3 nitrogen and oxygen atoms in total. The van der Waals surface area contributed by atoms with Crippen molar-refractivity contribution in [2.45, 2.75) is 57.9 Å². The number of amides is 1. The Kier molecular flexibility index (Phi) is 6.52. The van der Waals surface area contributed by atoms with E-state index in [1.165, 1.54) is 11.6 Å². The second-order valence-electron chi connectivity index (χ2n) is 9.58. The summed E-state index contributed by atoms with van der Waals surface area (Å²) in [6.07, 6.45) is 5.78. The number of hydrogen-bond acceptors (Lipinski definition) is 2. The number of pyridine rings is 1. The van der Waals surface area contributed by atoms with Gasteiger partial charge in [-0.05, 0) is 98.9 Å². The second-order valence-corrected chi connectivity index (χ2v) is 10.0. The van der Waals surface area contributed by atoms with Gasteiger partial charge in [0.05, 0.1) is 11.1 Å². The minimum atomic E-state index is -0.465. The molecule has 168 valence electrons. The smallest absolute Gasteiger partial charge is 0.223 e. The monoisotopic (exact) mass is 452 g/mol. The third-order valence-electron chi connectivity index (χ3n) is 7.07. The number of nitrogens with one attached hydrogen (secondary N) is 1. The van der Waals surface area contributed by atoms with Crippen LogP contribution in [0.25, 0.3) is 10.9 Å². The predicted molar refractivity (Wildman–Crippen MR) is 128 cm³/mol. The van der Waals surface area contributed by atoms with E-state index in [1.54, 1.807) is 12.1 Å². The molecule has 1 atom stereocenters. The van der Waals surface area contributed by atoms with E-state index >= 15 is 0 Å². The van der Waals surface area contributed by atoms with Crippen LogP contribution in [-0.2, 0) is 10.3 Å². The van der Waals surface area contributed by atoms with Crippen molar-refractivity contribution < 1.29 is 9.18 Å². The van der Waals surface area contributed by atoms with Crippen LogP contribution >= 0.6 is 11.6 Å². The number of rotatable bonds is 5. The summed E-state index contributed by atoms with van der Waals surface area (Å²) in [6.45, 7) is 6.08. The fourth-order valence-corrected chi connectivity index (χ4v) is 5.13. The molecular formula is C27H30ClFN2O. The topological polar surface area (TPSA) is 42.0 Å². The van der Waals surface area contributed by atoms with E-state index in [1.807, 2.05) is 57.3 Å². The summed E-state index contributed by atoms with van der Waals surface area (Å²) in [6, 6.07) is 14.4. The van der Waals surface area contributed by atoms with Gasteiger partial charge in [0.25, 0.3) is 0 Å². The van der Waals surface area contributed by atoms with E-state index < -0.39 is 5.54 Å². The Morgan fingerprint density at radius 3 is 2.47 bits per heavy atom. The fraction of sp³-hybridized carbons (Fsp3) is 0.407. The van der Waals surface area contributed by atoms with Crippen molar-refractivity contribution in [3.63, 3.8) is 0 Å². The van der Waals surface area contributed by atoms with Crippen molar-refractivity contribution in [2.75, 3.05) is 0 Å². The summed E-state index contributed by atoms with van der Waals surface area (Å²) < 4.78 is 13.8. The Balaban J connectivity index is 1.40. The molecule has 1 saturated carbocycles. The van der Waals surface area contributed by atoms with Gasteiger partial charge in [-0.3, -0.25) is 9.78 Å². The maximum atomic E-state index is 13.8. The number of halogens is 2. The predicted octanol–water partition coefficient (Wildman–Crippen LogP) is 6.99. The minimum absolute atomic E-state index is 0.0610. The van der Waals surface area contributed by atoms with Crippen LogP contribution in [0, 0.1) is 17.7 Å². The summed E-state index contributed by atoms with van der Waals surface area (Å²) in [5.74, 6) is 0.518. The molecule has 1 aliphatic rings. The first-order valence-electron chi connectivity index (χ1n) is 11.4. The quantitative estimate of drug-likeness (QED) is 0.453. The zero-order valence-electron chi connectivity index (χ0n) is 18.9. The van der Waals surface area contributed by atoms with E-state index in [0.717, 1.165) is 42.1 Å². The molecule has 1 N–H and O–H groups in total. The molecule has 4 rings (SSSR count). The Hall–Kier alpha value is -2.46. The molecule has 32 heavy (non-hydrogen) atoms. The molecule has 1 fully saturated rings. The fourth-order valence-electron chi connectivity index (χ4n) is 5.00. The van der Waals surface area contributed by atoms with E-state index in [0.29, 0.717) is 16.9 Å². The van der Waals surface area contributed by atoms with Gasteiger partial charge in [0.1, 0.15) is 5.82 Å². The van der Waals surface area contributed by atoms with E-state index in [-0.39, 0.29) is 17.6 Å². The molecule has 1 unspecified atom stereocenters. The molecule has 0 bridgehead atoms. The number of carbonyl (C=O) groups is 1. The highest BCUT2D eigenvalue weighted by molar-refractivity contribution is 6.30. The van der Waals surface area contributed by atoms with E-state index in [4.69, 9.17) is 11.6 Å².